The fourth-order valence-corrected chi connectivity index (χ4v) is 3.26. The van der Waals surface area contributed by atoms with Crippen molar-refractivity contribution in [1.82, 2.24) is 4.31 Å². The molecule has 0 saturated carbocycles. The Morgan fingerprint density at radius 1 is 1.52 bits per heavy atom. The van der Waals surface area contributed by atoms with Gasteiger partial charge in [0.2, 0.25) is 10.0 Å². The molecular formula is C13H15ClN2O4S. The Hall–Kier alpha value is -1.62. The molecule has 114 valence electrons. The highest BCUT2D eigenvalue weighted by Gasteiger charge is 2.25. The second kappa shape index (κ2) is 6.89. The van der Waals surface area contributed by atoms with Gasteiger partial charge < -0.3 is 4.74 Å². The number of rotatable bonds is 5. The van der Waals surface area contributed by atoms with E-state index in [-0.39, 0.29) is 22.0 Å². The van der Waals surface area contributed by atoms with Crippen molar-refractivity contribution in [2.45, 2.75) is 11.8 Å². The summed E-state index contributed by atoms with van der Waals surface area (Å²) in [5, 5.41) is 8.85. The molecule has 0 N–H and O–H groups in total. The highest BCUT2D eigenvalue weighted by molar-refractivity contribution is 7.89. The van der Waals surface area contributed by atoms with Crippen molar-refractivity contribution in [3.8, 4) is 6.07 Å². The van der Waals surface area contributed by atoms with Crippen LogP contribution in [0.5, 0.6) is 0 Å². The van der Waals surface area contributed by atoms with E-state index in [0.717, 1.165) is 4.31 Å². The monoisotopic (exact) mass is 330 g/mol. The number of ether oxygens (including phenoxy) is 1. The van der Waals surface area contributed by atoms with Crippen LogP contribution in [0.3, 0.4) is 0 Å². The van der Waals surface area contributed by atoms with Crippen molar-refractivity contribution in [1.29, 1.82) is 5.26 Å². The highest BCUT2D eigenvalue weighted by Crippen LogP contribution is 2.22. The number of sulfonamides is 1. The van der Waals surface area contributed by atoms with Crippen molar-refractivity contribution in [2.75, 3.05) is 20.7 Å². The lowest BCUT2D eigenvalue weighted by Crippen LogP contribution is -2.34. The Labute approximate surface area is 128 Å². The number of carbonyl (C=O) groups excluding carboxylic acids is 1. The van der Waals surface area contributed by atoms with Crippen LogP contribution in [0.25, 0.3) is 0 Å². The van der Waals surface area contributed by atoms with E-state index in [2.05, 4.69) is 4.74 Å². The molecule has 0 aliphatic rings. The molecule has 1 rings (SSSR count). The Balaban J connectivity index is 3.03. The third-order valence-corrected chi connectivity index (χ3v) is 5.04. The zero-order chi connectivity index (χ0) is 16.2. The number of nitrogens with zero attached hydrogens (tertiary/aromatic N) is 2. The van der Waals surface area contributed by atoms with Crippen LogP contribution in [0.2, 0.25) is 5.02 Å². The molecule has 0 unspecified atom stereocenters. The summed E-state index contributed by atoms with van der Waals surface area (Å²) in [6.07, 6.45) is 0. The first-order valence-electron chi connectivity index (χ1n) is 5.97. The van der Waals surface area contributed by atoms with E-state index in [4.69, 9.17) is 16.9 Å². The van der Waals surface area contributed by atoms with Crippen LogP contribution in [0.15, 0.2) is 23.1 Å². The third-order valence-electron chi connectivity index (χ3n) is 2.90. The molecule has 0 heterocycles. The molecule has 6 nitrogen and oxygen atoms in total. The molecule has 0 bridgehead atoms. The maximum absolute atomic E-state index is 12.4. The quantitative estimate of drug-likeness (QED) is 0.766. The van der Waals surface area contributed by atoms with Crippen LogP contribution in [0.4, 0.5) is 0 Å². The van der Waals surface area contributed by atoms with Gasteiger partial charge in [0.05, 0.1) is 28.5 Å². The van der Waals surface area contributed by atoms with E-state index in [1.807, 2.05) is 6.07 Å². The van der Waals surface area contributed by atoms with Gasteiger partial charge in [-0.05, 0) is 18.2 Å². The van der Waals surface area contributed by atoms with Gasteiger partial charge in [0.25, 0.3) is 0 Å². The maximum Gasteiger partial charge on any atom is 0.309 e. The zero-order valence-corrected chi connectivity index (χ0v) is 13.4. The first-order chi connectivity index (χ1) is 9.73. The summed E-state index contributed by atoms with van der Waals surface area (Å²) >= 11 is 5.84. The molecule has 0 saturated heterocycles. The SMILES string of the molecule is COC(=O)[C@@H](C)CN(C)S(=O)(=O)c1ccc(C#N)c(Cl)c1. The normalized spacial score (nSPS) is 12.8. The lowest BCUT2D eigenvalue weighted by Gasteiger charge is -2.20. The lowest BCUT2D eigenvalue weighted by atomic mass is 10.2. The second-order valence-corrected chi connectivity index (χ2v) is 6.92. The van der Waals surface area contributed by atoms with Gasteiger partial charge in [-0.25, -0.2) is 12.7 Å². The standard InChI is InChI=1S/C13H15ClN2O4S/c1-9(13(17)20-3)8-16(2)21(18,19)11-5-4-10(7-15)12(14)6-11/h4-6,9H,8H2,1-3H3/t9-/m0/s1. The Bertz CT molecular complexity index is 682. The Kier molecular flexibility index (Phi) is 5.72. The van der Waals surface area contributed by atoms with Crippen molar-refractivity contribution in [2.24, 2.45) is 5.92 Å². The minimum Gasteiger partial charge on any atom is -0.469 e. The van der Waals surface area contributed by atoms with Crippen molar-refractivity contribution in [3.05, 3.63) is 28.8 Å². The number of benzene rings is 1. The summed E-state index contributed by atoms with van der Waals surface area (Å²) in [6, 6.07) is 5.72. The smallest absolute Gasteiger partial charge is 0.309 e. The highest BCUT2D eigenvalue weighted by atomic mass is 35.5. The Morgan fingerprint density at radius 2 is 2.14 bits per heavy atom. The van der Waals surface area contributed by atoms with Crippen molar-refractivity contribution < 1.29 is 17.9 Å². The maximum atomic E-state index is 12.4. The number of halogens is 1. The predicted molar refractivity (Wildman–Crippen MR) is 77.2 cm³/mol. The molecule has 0 radical (unpaired) electrons. The van der Waals surface area contributed by atoms with E-state index in [1.165, 1.54) is 32.4 Å². The zero-order valence-electron chi connectivity index (χ0n) is 11.8. The average molecular weight is 331 g/mol. The van der Waals surface area contributed by atoms with E-state index in [9.17, 15) is 13.2 Å². The predicted octanol–water partition coefficient (Wildman–Crippen LogP) is 1.64. The minimum absolute atomic E-state index is 0.0212. The summed E-state index contributed by atoms with van der Waals surface area (Å²) < 4.78 is 30.3. The van der Waals surface area contributed by atoms with Crippen LogP contribution < -0.4 is 0 Å². The average Bonchev–Trinajstić information content (AvgIpc) is 2.45. The number of esters is 1. The molecule has 0 amide bonds. The van der Waals surface area contributed by atoms with Crippen LogP contribution >= 0.6 is 11.6 Å². The van der Waals surface area contributed by atoms with Crippen molar-refractivity contribution >= 4 is 27.6 Å². The third kappa shape index (κ3) is 3.94. The number of nitriles is 1. The van der Waals surface area contributed by atoms with Gasteiger partial charge >= 0.3 is 5.97 Å². The van der Waals surface area contributed by atoms with E-state index in [0.29, 0.717) is 0 Å². The molecule has 0 aliphatic carbocycles. The van der Waals surface area contributed by atoms with E-state index in [1.54, 1.807) is 6.92 Å². The van der Waals surface area contributed by atoms with Gasteiger partial charge in [0, 0.05) is 13.6 Å². The van der Waals surface area contributed by atoms with Gasteiger partial charge in [-0.2, -0.15) is 5.26 Å². The first-order valence-corrected chi connectivity index (χ1v) is 7.79. The van der Waals surface area contributed by atoms with Crippen LogP contribution in [-0.2, 0) is 19.6 Å². The summed E-state index contributed by atoms with van der Waals surface area (Å²) in [5.74, 6) is -1.08. The summed E-state index contributed by atoms with van der Waals surface area (Å²) in [7, 11) is -1.19. The molecule has 8 heteroatoms. The topological polar surface area (TPSA) is 87.5 Å². The van der Waals surface area contributed by atoms with Gasteiger partial charge in [0.15, 0.2) is 0 Å². The fourth-order valence-electron chi connectivity index (χ4n) is 1.69. The number of carbonyl (C=O) groups is 1. The molecule has 1 atom stereocenters. The first kappa shape index (κ1) is 17.4. The van der Waals surface area contributed by atoms with E-state index >= 15 is 0 Å². The molecule has 0 fully saturated rings. The molecule has 0 spiro atoms. The molecule has 0 aliphatic heterocycles. The van der Waals surface area contributed by atoms with Crippen LogP contribution in [0, 0.1) is 17.2 Å². The summed E-state index contributed by atoms with van der Waals surface area (Å²) in [5.41, 5.74) is 0.196. The molecule has 21 heavy (non-hydrogen) atoms. The largest absolute Gasteiger partial charge is 0.469 e. The molecule has 0 aromatic heterocycles. The van der Waals surface area contributed by atoms with Crippen molar-refractivity contribution in [3.63, 3.8) is 0 Å². The Morgan fingerprint density at radius 3 is 2.62 bits per heavy atom. The van der Waals surface area contributed by atoms with Gasteiger partial charge in [0.1, 0.15) is 6.07 Å². The lowest BCUT2D eigenvalue weighted by molar-refractivity contribution is -0.144. The number of hydrogen-bond donors (Lipinski definition) is 0. The van der Waals surface area contributed by atoms with Crippen LogP contribution in [0.1, 0.15) is 12.5 Å². The summed E-state index contributed by atoms with van der Waals surface area (Å²) in [6.45, 7) is 1.55. The molecule has 1 aromatic carbocycles. The van der Waals surface area contributed by atoms with E-state index < -0.39 is 21.9 Å². The number of hydrogen-bond acceptors (Lipinski definition) is 5. The number of methoxy groups -OCH3 is 1. The van der Waals surface area contributed by atoms with Gasteiger partial charge in [-0.1, -0.05) is 18.5 Å². The second-order valence-electron chi connectivity index (χ2n) is 4.46. The minimum atomic E-state index is -3.79. The fraction of sp³-hybridized carbons (Fsp3) is 0.385. The van der Waals surface area contributed by atoms with Crippen LogP contribution in [-0.4, -0.2) is 39.4 Å². The molecular weight excluding hydrogens is 316 g/mol. The van der Waals surface area contributed by atoms with Gasteiger partial charge in [-0.15, -0.1) is 0 Å². The molecule has 1 aromatic rings. The summed E-state index contributed by atoms with van der Waals surface area (Å²) in [4.78, 5) is 11.3. The van der Waals surface area contributed by atoms with Gasteiger partial charge in [-0.3, -0.25) is 4.79 Å².